The molecule has 0 aromatic carbocycles. The predicted octanol–water partition coefficient (Wildman–Crippen LogP) is 1.62. The number of amides is 1. The Bertz CT molecular complexity index is 869. The third-order valence-electron chi connectivity index (χ3n) is 6.29. The van der Waals surface area contributed by atoms with Gasteiger partial charge in [0.2, 0.25) is 11.9 Å². The van der Waals surface area contributed by atoms with E-state index in [4.69, 9.17) is 4.74 Å². The molecule has 3 aliphatic heterocycles. The summed E-state index contributed by atoms with van der Waals surface area (Å²) in [4.78, 5) is 34.6. The van der Waals surface area contributed by atoms with E-state index < -0.39 is 24.3 Å². The molecule has 2 fully saturated rings. The highest BCUT2D eigenvalue weighted by Crippen LogP contribution is 2.34. The Morgan fingerprint density at radius 2 is 1.94 bits per heavy atom. The van der Waals surface area contributed by atoms with Crippen molar-refractivity contribution in [2.45, 2.75) is 57.4 Å². The van der Waals surface area contributed by atoms with Gasteiger partial charge in [0, 0.05) is 32.2 Å². The molecule has 0 bridgehead atoms. The Morgan fingerprint density at radius 3 is 2.61 bits per heavy atom. The van der Waals surface area contributed by atoms with E-state index in [-0.39, 0.29) is 30.9 Å². The summed E-state index contributed by atoms with van der Waals surface area (Å²) in [6, 6.07) is -0.552. The average Bonchev–Trinajstić information content (AvgIpc) is 2.74. The molecular formula is C20H28F3N5O3. The quantitative estimate of drug-likeness (QED) is 0.707. The lowest BCUT2D eigenvalue weighted by molar-refractivity contribution is -0.154. The molecule has 172 valence electrons. The van der Waals surface area contributed by atoms with Crippen molar-refractivity contribution < 1.29 is 22.7 Å². The molecule has 8 nitrogen and oxygen atoms in total. The predicted molar refractivity (Wildman–Crippen MR) is 108 cm³/mol. The molecule has 31 heavy (non-hydrogen) atoms. The maximum atomic E-state index is 13.9. The molecule has 1 aromatic heterocycles. The Morgan fingerprint density at radius 1 is 1.19 bits per heavy atom. The van der Waals surface area contributed by atoms with E-state index in [2.05, 4.69) is 4.98 Å². The summed E-state index contributed by atoms with van der Waals surface area (Å²) in [5, 5.41) is 0. The maximum Gasteiger partial charge on any atom is 0.408 e. The number of rotatable bonds is 3. The van der Waals surface area contributed by atoms with E-state index in [0.29, 0.717) is 38.7 Å². The summed E-state index contributed by atoms with van der Waals surface area (Å²) in [6.45, 7) is 3.87. The second-order valence-corrected chi connectivity index (χ2v) is 8.44. The minimum Gasteiger partial charge on any atom is -0.377 e. The van der Waals surface area contributed by atoms with Crippen LogP contribution in [0.15, 0.2) is 10.9 Å². The van der Waals surface area contributed by atoms with Crippen LogP contribution in [0.4, 0.5) is 24.9 Å². The average molecular weight is 443 g/mol. The first-order valence-electron chi connectivity index (χ1n) is 10.8. The lowest BCUT2D eigenvalue weighted by atomic mass is 10.1. The number of aromatic nitrogens is 2. The molecule has 0 spiro atoms. The van der Waals surface area contributed by atoms with E-state index in [1.807, 2.05) is 11.8 Å². The molecule has 0 saturated carbocycles. The Labute approximate surface area is 178 Å². The molecule has 1 aromatic rings. The number of anilines is 2. The Hall–Kier alpha value is -2.30. The fourth-order valence-corrected chi connectivity index (χ4v) is 4.58. The van der Waals surface area contributed by atoms with Gasteiger partial charge in [0.25, 0.3) is 5.56 Å². The first-order valence-corrected chi connectivity index (χ1v) is 10.8. The zero-order chi connectivity index (χ0) is 22.2. The van der Waals surface area contributed by atoms with E-state index in [0.717, 1.165) is 24.2 Å². The van der Waals surface area contributed by atoms with Crippen LogP contribution >= 0.6 is 0 Å². The number of alkyl halides is 3. The number of fused-ring (bicyclic) bond motifs is 1. The van der Waals surface area contributed by atoms with Crippen LogP contribution in [-0.4, -0.2) is 78.0 Å². The summed E-state index contributed by atoms with van der Waals surface area (Å²) in [6.07, 6.45) is -2.12. The monoisotopic (exact) mass is 443 g/mol. The van der Waals surface area contributed by atoms with Crippen molar-refractivity contribution in [2.75, 3.05) is 49.2 Å². The summed E-state index contributed by atoms with van der Waals surface area (Å²) in [7, 11) is 0. The highest BCUT2D eigenvalue weighted by atomic mass is 19.4. The van der Waals surface area contributed by atoms with Crippen LogP contribution in [-0.2, 0) is 16.1 Å². The van der Waals surface area contributed by atoms with Gasteiger partial charge in [-0.3, -0.25) is 14.2 Å². The lowest BCUT2D eigenvalue weighted by Crippen LogP contribution is -2.56. The van der Waals surface area contributed by atoms with E-state index >= 15 is 0 Å². The second-order valence-electron chi connectivity index (χ2n) is 8.44. The van der Waals surface area contributed by atoms with Crippen LogP contribution in [0.1, 0.15) is 32.6 Å². The van der Waals surface area contributed by atoms with Gasteiger partial charge in [-0.15, -0.1) is 0 Å². The molecule has 4 rings (SSSR count). The molecule has 11 heteroatoms. The van der Waals surface area contributed by atoms with Gasteiger partial charge >= 0.3 is 6.18 Å². The number of nitrogens with zero attached hydrogens (tertiary/aromatic N) is 5. The van der Waals surface area contributed by atoms with Crippen molar-refractivity contribution in [1.29, 1.82) is 0 Å². The van der Waals surface area contributed by atoms with Gasteiger partial charge in [-0.1, -0.05) is 0 Å². The van der Waals surface area contributed by atoms with Gasteiger partial charge in [0.1, 0.15) is 18.4 Å². The third kappa shape index (κ3) is 4.51. The molecule has 1 amide bonds. The minimum atomic E-state index is -4.53. The second kappa shape index (κ2) is 8.68. The van der Waals surface area contributed by atoms with Gasteiger partial charge in [-0.2, -0.15) is 18.2 Å². The number of hydrogen-bond acceptors (Lipinski definition) is 6. The molecular weight excluding hydrogens is 415 g/mol. The number of hydrogen-bond donors (Lipinski definition) is 0. The van der Waals surface area contributed by atoms with Crippen molar-refractivity contribution in [1.82, 2.24) is 14.5 Å². The summed E-state index contributed by atoms with van der Waals surface area (Å²) in [5.74, 6) is -0.118. The zero-order valence-electron chi connectivity index (χ0n) is 17.6. The van der Waals surface area contributed by atoms with Gasteiger partial charge in [-0.05, 0) is 32.6 Å². The van der Waals surface area contributed by atoms with E-state index in [1.165, 1.54) is 10.6 Å². The molecule has 2 saturated heterocycles. The molecule has 0 radical (unpaired) electrons. The highest BCUT2D eigenvalue weighted by Gasteiger charge is 2.47. The number of carbonyl (C=O) groups is 1. The van der Waals surface area contributed by atoms with Crippen LogP contribution in [0.2, 0.25) is 0 Å². The molecule has 0 N–H and O–H groups in total. The van der Waals surface area contributed by atoms with Crippen LogP contribution in [0.3, 0.4) is 0 Å². The molecule has 3 aliphatic rings. The summed E-state index contributed by atoms with van der Waals surface area (Å²) in [5.41, 5.74) is -0.408. The normalized spacial score (nSPS) is 24.8. The third-order valence-corrected chi connectivity index (χ3v) is 6.29. The van der Waals surface area contributed by atoms with E-state index in [1.54, 1.807) is 4.90 Å². The van der Waals surface area contributed by atoms with Crippen LogP contribution in [0.5, 0.6) is 0 Å². The number of likely N-dealkylation sites (tertiary alicyclic amines) is 1. The smallest absolute Gasteiger partial charge is 0.377 e. The molecule has 4 heterocycles. The Balaban J connectivity index is 1.70. The van der Waals surface area contributed by atoms with Crippen molar-refractivity contribution in [3.63, 3.8) is 0 Å². The van der Waals surface area contributed by atoms with Crippen LogP contribution in [0, 0.1) is 0 Å². The molecule has 2 atom stereocenters. The van der Waals surface area contributed by atoms with Crippen molar-refractivity contribution in [3.05, 3.63) is 16.4 Å². The van der Waals surface area contributed by atoms with Crippen molar-refractivity contribution >= 4 is 17.7 Å². The van der Waals surface area contributed by atoms with Gasteiger partial charge < -0.3 is 19.4 Å². The zero-order valence-corrected chi connectivity index (χ0v) is 17.6. The van der Waals surface area contributed by atoms with Gasteiger partial charge in [0.15, 0.2) is 0 Å². The molecule has 0 aliphatic carbocycles. The topological polar surface area (TPSA) is 70.9 Å². The number of ether oxygens (including phenoxy) is 1. The highest BCUT2D eigenvalue weighted by molar-refractivity contribution is 5.81. The summed E-state index contributed by atoms with van der Waals surface area (Å²) >= 11 is 0. The minimum absolute atomic E-state index is 0.0610. The SMILES string of the molecule is C[C@@H]1COCCN1c1cc(=O)n2c(n1)N(CC(=O)N1CCCCC1)[C@H](C(F)(F)F)CC2. The van der Waals surface area contributed by atoms with Gasteiger partial charge in [0.05, 0.1) is 19.3 Å². The van der Waals surface area contributed by atoms with Crippen molar-refractivity contribution in [2.24, 2.45) is 0 Å². The standard InChI is InChI=1S/C20H28F3N5O3/c1-14-13-31-10-9-26(14)16-11-17(29)27-8-5-15(20(21,22)23)28(19(27)24-16)12-18(30)25-6-3-2-4-7-25/h11,14-15H,2-10,12-13H2,1H3/t14-,15+/m1/s1. The molecule has 0 unspecified atom stereocenters. The van der Waals surface area contributed by atoms with Crippen molar-refractivity contribution in [3.8, 4) is 0 Å². The van der Waals surface area contributed by atoms with Crippen LogP contribution in [0.25, 0.3) is 0 Å². The number of halogens is 3. The van der Waals surface area contributed by atoms with Gasteiger partial charge in [-0.25, -0.2) is 0 Å². The fourth-order valence-electron chi connectivity index (χ4n) is 4.58. The first kappa shape index (κ1) is 21.9. The number of morpholine rings is 1. The fraction of sp³-hybridized carbons (Fsp3) is 0.750. The number of piperidine rings is 1. The van der Waals surface area contributed by atoms with Crippen LogP contribution < -0.4 is 15.4 Å². The first-order chi connectivity index (χ1) is 14.8. The summed E-state index contributed by atoms with van der Waals surface area (Å²) < 4.78 is 48.3. The lowest BCUT2D eigenvalue weighted by Gasteiger charge is -2.41. The van der Waals surface area contributed by atoms with E-state index in [9.17, 15) is 22.8 Å². The largest absolute Gasteiger partial charge is 0.408 e. The Kier molecular flexibility index (Phi) is 6.14. The maximum absolute atomic E-state index is 13.9. The number of carbonyl (C=O) groups excluding carboxylic acids is 1.